The molecule has 0 heterocycles. The van der Waals surface area contributed by atoms with Gasteiger partial charge in [0.2, 0.25) is 0 Å². The van der Waals surface area contributed by atoms with Gasteiger partial charge in [-0.05, 0) is 24.3 Å². The fourth-order valence-electron chi connectivity index (χ4n) is 1.81. The first-order valence-electron chi connectivity index (χ1n) is 5.96. The summed E-state index contributed by atoms with van der Waals surface area (Å²) in [5.41, 5.74) is 5.50. The van der Waals surface area contributed by atoms with Gasteiger partial charge in [-0.1, -0.05) is 6.07 Å². The van der Waals surface area contributed by atoms with E-state index >= 15 is 0 Å². The second kappa shape index (κ2) is 5.59. The van der Waals surface area contributed by atoms with Crippen molar-refractivity contribution in [3.05, 3.63) is 59.2 Å². The number of carbonyl (C=O) groups is 1. The number of halogens is 2. The van der Waals surface area contributed by atoms with Crippen LogP contribution in [0.2, 0.25) is 0 Å². The van der Waals surface area contributed by atoms with Gasteiger partial charge >= 0.3 is 0 Å². The van der Waals surface area contributed by atoms with Gasteiger partial charge in [-0.15, -0.1) is 0 Å². The summed E-state index contributed by atoms with van der Waals surface area (Å²) < 4.78 is 26.8. The molecule has 0 bridgehead atoms. The Morgan fingerprint density at radius 2 is 1.95 bits per heavy atom. The first-order chi connectivity index (χ1) is 9.93. The average molecular weight is 287 g/mol. The lowest BCUT2D eigenvalue weighted by atomic mass is 10.1. The number of nitriles is 1. The Kier molecular flexibility index (Phi) is 3.85. The standard InChI is InChI=1S/C15H11F2N3O/c1-20(10-4-2-3-9(5-10)8-18)15(21)11-6-14(19)13(17)7-12(11)16/h2-7H,19H2,1H3. The zero-order valence-corrected chi connectivity index (χ0v) is 11.1. The van der Waals surface area contributed by atoms with E-state index in [0.29, 0.717) is 17.3 Å². The summed E-state index contributed by atoms with van der Waals surface area (Å²) in [6, 6.07) is 9.75. The highest BCUT2D eigenvalue weighted by Crippen LogP contribution is 2.21. The van der Waals surface area contributed by atoms with Crippen LogP contribution in [-0.4, -0.2) is 13.0 Å². The van der Waals surface area contributed by atoms with Gasteiger partial charge in [0.1, 0.15) is 11.6 Å². The molecule has 2 rings (SSSR count). The molecule has 0 aliphatic rings. The summed E-state index contributed by atoms with van der Waals surface area (Å²) in [7, 11) is 1.43. The van der Waals surface area contributed by atoms with E-state index < -0.39 is 17.5 Å². The number of benzene rings is 2. The Balaban J connectivity index is 2.40. The molecule has 0 aliphatic carbocycles. The molecular formula is C15H11F2N3O. The van der Waals surface area contributed by atoms with Crippen LogP contribution < -0.4 is 10.6 Å². The van der Waals surface area contributed by atoms with E-state index in [0.717, 1.165) is 11.0 Å². The summed E-state index contributed by atoms with van der Waals surface area (Å²) in [5.74, 6) is -2.59. The van der Waals surface area contributed by atoms with E-state index in [9.17, 15) is 13.6 Å². The molecule has 0 unspecified atom stereocenters. The molecule has 0 radical (unpaired) electrons. The van der Waals surface area contributed by atoms with E-state index in [1.807, 2.05) is 6.07 Å². The van der Waals surface area contributed by atoms with Crippen molar-refractivity contribution in [2.75, 3.05) is 17.7 Å². The van der Waals surface area contributed by atoms with Crippen molar-refractivity contribution < 1.29 is 13.6 Å². The Morgan fingerprint density at radius 1 is 1.24 bits per heavy atom. The number of nitrogens with two attached hydrogens (primary N) is 1. The lowest BCUT2D eigenvalue weighted by molar-refractivity contribution is 0.0989. The van der Waals surface area contributed by atoms with Crippen molar-refractivity contribution in [1.29, 1.82) is 5.26 Å². The maximum Gasteiger partial charge on any atom is 0.261 e. The number of anilines is 2. The van der Waals surface area contributed by atoms with Crippen molar-refractivity contribution in [3.63, 3.8) is 0 Å². The van der Waals surface area contributed by atoms with Gasteiger partial charge in [0.25, 0.3) is 5.91 Å². The molecule has 106 valence electrons. The molecule has 0 spiro atoms. The molecule has 0 saturated heterocycles. The summed E-state index contributed by atoms with van der Waals surface area (Å²) in [6.45, 7) is 0. The van der Waals surface area contributed by atoms with Gasteiger partial charge in [0, 0.05) is 18.8 Å². The second-order valence-electron chi connectivity index (χ2n) is 4.38. The highest BCUT2D eigenvalue weighted by molar-refractivity contribution is 6.06. The van der Waals surface area contributed by atoms with Crippen LogP contribution in [0.25, 0.3) is 0 Å². The Bertz CT molecular complexity index is 753. The SMILES string of the molecule is CN(C(=O)c1cc(N)c(F)cc1F)c1cccc(C#N)c1. The van der Waals surface area contributed by atoms with Gasteiger partial charge in [0.05, 0.1) is 22.9 Å². The van der Waals surface area contributed by atoms with Gasteiger partial charge < -0.3 is 10.6 Å². The number of amides is 1. The summed E-state index contributed by atoms with van der Waals surface area (Å²) in [6.07, 6.45) is 0. The highest BCUT2D eigenvalue weighted by Gasteiger charge is 2.19. The monoisotopic (exact) mass is 287 g/mol. The predicted molar refractivity (Wildman–Crippen MR) is 74.7 cm³/mol. The first kappa shape index (κ1) is 14.5. The van der Waals surface area contributed by atoms with Gasteiger partial charge in [-0.3, -0.25) is 4.79 Å². The lowest BCUT2D eigenvalue weighted by Gasteiger charge is -2.18. The largest absolute Gasteiger partial charge is 0.396 e. The number of nitrogens with zero attached hydrogens (tertiary/aromatic N) is 2. The van der Waals surface area contributed by atoms with E-state index in [-0.39, 0.29) is 11.3 Å². The van der Waals surface area contributed by atoms with Crippen molar-refractivity contribution in [2.45, 2.75) is 0 Å². The first-order valence-corrected chi connectivity index (χ1v) is 5.96. The van der Waals surface area contributed by atoms with E-state index in [1.54, 1.807) is 18.2 Å². The molecule has 2 N–H and O–H groups in total. The van der Waals surface area contributed by atoms with Crippen molar-refractivity contribution in [1.82, 2.24) is 0 Å². The molecule has 0 saturated carbocycles. The molecule has 2 aromatic rings. The molecular weight excluding hydrogens is 276 g/mol. The van der Waals surface area contributed by atoms with Crippen LogP contribution >= 0.6 is 0 Å². The highest BCUT2D eigenvalue weighted by atomic mass is 19.1. The van der Waals surface area contributed by atoms with Gasteiger partial charge in [0.15, 0.2) is 0 Å². The third-order valence-electron chi connectivity index (χ3n) is 2.98. The summed E-state index contributed by atoms with van der Waals surface area (Å²) in [5, 5.41) is 8.84. The number of hydrogen-bond acceptors (Lipinski definition) is 3. The van der Waals surface area contributed by atoms with Crippen molar-refractivity contribution in [3.8, 4) is 6.07 Å². The quantitative estimate of drug-likeness (QED) is 0.863. The van der Waals surface area contributed by atoms with Gasteiger partial charge in [-0.25, -0.2) is 8.78 Å². The number of nitrogen functional groups attached to an aromatic ring is 1. The fourth-order valence-corrected chi connectivity index (χ4v) is 1.81. The Hall–Kier alpha value is -2.94. The van der Waals surface area contributed by atoms with Crippen molar-refractivity contribution in [2.24, 2.45) is 0 Å². The lowest BCUT2D eigenvalue weighted by Crippen LogP contribution is -2.27. The molecule has 0 aromatic heterocycles. The second-order valence-corrected chi connectivity index (χ2v) is 4.38. The van der Waals surface area contributed by atoms with E-state index in [4.69, 9.17) is 11.0 Å². The van der Waals surface area contributed by atoms with Crippen molar-refractivity contribution >= 4 is 17.3 Å². The zero-order valence-electron chi connectivity index (χ0n) is 11.1. The third kappa shape index (κ3) is 2.82. The van der Waals surface area contributed by atoms with Crippen LogP contribution in [0.15, 0.2) is 36.4 Å². The molecule has 0 atom stereocenters. The number of rotatable bonds is 2. The minimum Gasteiger partial charge on any atom is -0.396 e. The smallest absolute Gasteiger partial charge is 0.261 e. The van der Waals surface area contributed by atoms with Gasteiger partial charge in [-0.2, -0.15) is 5.26 Å². The average Bonchev–Trinajstić information content (AvgIpc) is 2.49. The third-order valence-corrected chi connectivity index (χ3v) is 2.98. The molecule has 21 heavy (non-hydrogen) atoms. The molecule has 0 aliphatic heterocycles. The van der Waals surface area contributed by atoms with Crippen LogP contribution in [0.5, 0.6) is 0 Å². The molecule has 4 nitrogen and oxygen atoms in total. The Morgan fingerprint density at radius 3 is 2.62 bits per heavy atom. The topological polar surface area (TPSA) is 70.1 Å². The zero-order chi connectivity index (χ0) is 15.6. The Labute approximate surface area is 120 Å². The molecule has 1 amide bonds. The molecule has 0 fully saturated rings. The van der Waals surface area contributed by atoms with Crippen LogP contribution in [-0.2, 0) is 0 Å². The van der Waals surface area contributed by atoms with Crippen LogP contribution in [0.1, 0.15) is 15.9 Å². The van der Waals surface area contributed by atoms with Crippen LogP contribution in [0, 0.1) is 23.0 Å². The molecule has 2 aromatic carbocycles. The maximum absolute atomic E-state index is 13.7. The minimum absolute atomic E-state index is 0.307. The minimum atomic E-state index is -0.991. The van der Waals surface area contributed by atoms with Crippen LogP contribution in [0.3, 0.4) is 0 Å². The van der Waals surface area contributed by atoms with Crippen LogP contribution in [0.4, 0.5) is 20.2 Å². The summed E-state index contributed by atoms with van der Waals surface area (Å²) in [4.78, 5) is 13.4. The predicted octanol–water partition coefficient (Wildman–Crippen LogP) is 2.70. The van der Waals surface area contributed by atoms with E-state index in [2.05, 4.69) is 0 Å². The number of carbonyl (C=O) groups excluding carboxylic acids is 1. The fraction of sp³-hybridized carbons (Fsp3) is 0.0667. The van der Waals surface area contributed by atoms with E-state index in [1.165, 1.54) is 13.1 Å². The normalized spacial score (nSPS) is 10.0. The maximum atomic E-state index is 13.7. The summed E-state index contributed by atoms with van der Waals surface area (Å²) >= 11 is 0. The molecule has 6 heteroatoms. The number of hydrogen-bond donors (Lipinski definition) is 1.